The van der Waals surface area contributed by atoms with Crippen LogP contribution in [0.3, 0.4) is 0 Å². The van der Waals surface area contributed by atoms with Gasteiger partial charge in [0.2, 0.25) is 5.91 Å². The Morgan fingerprint density at radius 3 is 2.95 bits per heavy atom. The molecule has 7 heteroatoms. The molecule has 1 aromatic rings. The maximum absolute atomic E-state index is 11.4. The Morgan fingerprint density at radius 1 is 1.47 bits per heavy atom. The third kappa shape index (κ3) is 6.19. The van der Waals surface area contributed by atoms with Gasteiger partial charge in [-0.05, 0) is 6.42 Å². The van der Waals surface area contributed by atoms with Crippen molar-refractivity contribution in [1.29, 1.82) is 0 Å². The minimum atomic E-state index is -0.249. The fourth-order valence-electron chi connectivity index (χ4n) is 1.32. The largest absolute Gasteiger partial charge is 0.469 e. The number of aryl methyl sites for hydroxylation is 1. The zero-order valence-electron chi connectivity index (χ0n) is 11.2. The summed E-state index contributed by atoms with van der Waals surface area (Å²) in [4.78, 5) is 26.7. The van der Waals surface area contributed by atoms with E-state index >= 15 is 0 Å². The van der Waals surface area contributed by atoms with Crippen LogP contribution in [0.5, 0.6) is 0 Å². The topological polar surface area (TPSA) is 80.3 Å². The van der Waals surface area contributed by atoms with Crippen molar-refractivity contribution in [1.82, 2.24) is 10.3 Å². The molecule has 19 heavy (non-hydrogen) atoms. The number of amides is 1. The monoisotopic (exact) mass is 285 g/mol. The Kier molecular flexibility index (Phi) is 6.88. The van der Waals surface area contributed by atoms with Gasteiger partial charge in [-0.2, -0.15) is 0 Å². The summed E-state index contributed by atoms with van der Waals surface area (Å²) in [5.41, 5.74) is 0.826. The van der Waals surface area contributed by atoms with Gasteiger partial charge in [0.25, 0.3) is 0 Å². The van der Waals surface area contributed by atoms with Gasteiger partial charge >= 0.3 is 5.97 Å². The maximum atomic E-state index is 11.4. The lowest BCUT2D eigenvalue weighted by molar-refractivity contribution is -0.140. The lowest BCUT2D eigenvalue weighted by Crippen LogP contribution is -2.30. The van der Waals surface area contributed by atoms with E-state index < -0.39 is 0 Å². The molecule has 0 aliphatic heterocycles. The Hall–Kier alpha value is -1.63. The summed E-state index contributed by atoms with van der Waals surface area (Å²) in [6.45, 7) is 2.90. The van der Waals surface area contributed by atoms with E-state index in [4.69, 9.17) is 0 Å². The molecule has 0 aliphatic rings. The highest BCUT2D eigenvalue weighted by molar-refractivity contribution is 7.13. The molecule has 0 aliphatic carbocycles. The van der Waals surface area contributed by atoms with Crippen LogP contribution in [-0.2, 0) is 20.7 Å². The molecule has 6 nitrogen and oxygen atoms in total. The summed E-state index contributed by atoms with van der Waals surface area (Å²) in [5, 5.41) is 8.28. The summed E-state index contributed by atoms with van der Waals surface area (Å²) >= 11 is 1.42. The van der Waals surface area contributed by atoms with Gasteiger partial charge < -0.3 is 15.4 Å². The summed E-state index contributed by atoms with van der Waals surface area (Å²) < 4.78 is 4.56. The molecule has 0 spiro atoms. The van der Waals surface area contributed by atoms with Gasteiger partial charge in [0, 0.05) is 18.3 Å². The number of aromatic nitrogens is 1. The van der Waals surface area contributed by atoms with E-state index in [2.05, 4.69) is 20.4 Å². The number of thiazole rings is 1. The molecule has 0 saturated carbocycles. The normalized spacial score (nSPS) is 10.0. The van der Waals surface area contributed by atoms with E-state index in [1.54, 1.807) is 0 Å². The van der Waals surface area contributed by atoms with Gasteiger partial charge in [0.15, 0.2) is 5.13 Å². The van der Waals surface area contributed by atoms with Crippen molar-refractivity contribution in [3.8, 4) is 0 Å². The quantitative estimate of drug-likeness (QED) is 0.701. The van der Waals surface area contributed by atoms with Crippen LogP contribution >= 0.6 is 11.3 Å². The van der Waals surface area contributed by atoms with E-state index in [1.165, 1.54) is 18.4 Å². The van der Waals surface area contributed by atoms with Crippen molar-refractivity contribution in [3.63, 3.8) is 0 Å². The molecule has 0 aromatic carbocycles. The van der Waals surface area contributed by atoms with Crippen molar-refractivity contribution in [2.75, 3.05) is 25.5 Å². The van der Waals surface area contributed by atoms with Crippen LogP contribution in [0.15, 0.2) is 5.38 Å². The maximum Gasteiger partial charge on any atom is 0.305 e. The predicted octanol–water partition coefficient (Wildman–Crippen LogP) is 1.19. The first-order chi connectivity index (χ1) is 9.15. The van der Waals surface area contributed by atoms with Gasteiger partial charge in [-0.15, -0.1) is 11.3 Å². The smallest absolute Gasteiger partial charge is 0.305 e. The number of hydrogen-bond donors (Lipinski definition) is 2. The highest BCUT2D eigenvalue weighted by Gasteiger charge is 2.06. The highest BCUT2D eigenvalue weighted by Crippen LogP contribution is 2.16. The highest BCUT2D eigenvalue weighted by atomic mass is 32.1. The molecule has 0 fully saturated rings. The SMILES string of the molecule is CCCNC(=O)CNc1nc(CCC(=O)OC)cs1. The van der Waals surface area contributed by atoms with E-state index in [9.17, 15) is 9.59 Å². The molecule has 0 bridgehead atoms. The van der Waals surface area contributed by atoms with E-state index in [1.807, 2.05) is 12.3 Å². The number of ether oxygens (including phenoxy) is 1. The van der Waals surface area contributed by atoms with Crippen molar-refractivity contribution in [3.05, 3.63) is 11.1 Å². The van der Waals surface area contributed by atoms with Crippen molar-refractivity contribution in [2.45, 2.75) is 26.2 Å². The minimum Gasteiger partial charge on any atom is -0.469 e. The predicted molar refractivity (Wildman–Crippen MR) is 74.2 cm³/mol. The first-order valence-corrected chi connectivity index (χ1v) is 7.05. The molecule has 106 valence electrons. The molecular weight excluding hydrogens is 266 g/mol. The molecule has 1 aromatic heterocycles. The second-order valence-corrected chi connectivity index (χ2v) is 4.78. The van der Waals surface area contributed by atoms with Crippen LogP contribution in [0.2, 0.25) is 0 Å². The van der Waals surface area contributed by atoms with E-state index in [0.29, 0.717) is 24.5 Å². The number of carbonyl (C=O) groups is 2. The first-order valence-electron chi connectivity index (χ1n) is 6.17. The third-order valence-corrected chi connectivity index (χ3v) is 3.19. The summed E-state index contributed by atoms with van der Waals surface area (Å²) in [7, 11) is 1.37. The van der Waals surface area contributed by atoms with Crippen LogP contribution in [0.1, 0.15) is 25.5 Å². The van der Waals surface area contributed by atoms with Crippen LogP contribution in [0.4, 0.5) is 5.13 Å². The average Bonchev–Trinajstić information content (AvgIpc) is 2.88. The molecule has 1 rings (SSSR count). The zero-order chi connectivity index (χ0) is 14.1. The molecule has 1 heterocycles. The van der Waals surface area contributed by atoms with Gasteiger partial charge in [-0.1, -0.05) is 6.92 Å². The number of hydrogen-bond acceptors (Lipinski definition) is 6. The molecule has 0 saturated heterocycles. The molecule has 0 unspecified atom stereocenters. The van der Waals surface area contributed by atoms with E-state index in [-0.39, 0.29) is 18.4 Å². The average molecular weight is 285 g/mol. The van der Waals surface area contributed by atoms with Crippen LogP contribution < -0.4 is 10.6 Å². The fraction of sp³-hybridized carbons (Fsp3) is 0.583. The van der Waals surface area contributed by atoms with Gasteiger partial charge in [-0.3, -0.25) is 9.59 Å². The molecule has 0 radical (unpaired) electrons. The van der Waals surface area contributed by atoms with Crippen LogP contribution in [0.25, 0.3) is 0 Å². The lowest BCUT2D eigenvalue weighted by Gasteiger charge is -2.03. The minimum absolute atomic E-state index is 0.0480. The Balaban J connectivity index is 2.30. The number of anilines is 1. The fourth-order valence-corrected chi connectivity index (χ4v) is 2.06. The van der Waals surface area contributed by atoms with Gasteiger partial charge in [0.05, 0.1) is 25.8 Å². The standard InChI is InChI=1S/C12H19N3O3S/c1-3-6-13-10(16)7-14-12-15-9(8-19-12)4-5-11(17)18-2/h8H,3-7H2,1-2H3,(H,13,16)(H,14,15). The Bertz CT molecular complexity index is 420. The van der Waals surface area contributed by atoms with Crippen LogP contribution in [0, 0.1) is 0 Å². The van der Waals surface area contributed by atoms with Gasteiger partial charge in [-0.25, -0.2) is 4.98 Å². The second-order valence-electron chi connectivity index (χ2n) is 3.92. The lowest BCUT2D eigenvalue weighted by atomic mass is 10.2. The van der Waals surface area contributed by atoms with Crippen molar-refractivity contribution < 1.29 is 14.3 Å². The number of nitrogens with one attached hydrogen (secondary N) is 2. The van der Waals surface area contributed by atoms with Gasteiger partial charge in [0.1, 0.15) is 0 Å². The molecule has 1 amide bonds. The number of carbonyl (C=O) groups excluding carboxylic acids is 2. The zero-order valence-corrected chi connectivity index (χ0v) is 12.0. The summed E-state index contributed by atoms with van der Waals surface area (Å²) in [6.07, 6.45) is 1.78. The molecule has 2 N–H and O–H groups in total. The summed E-state index contributed by atoms with van der Waals surface area (Å²) in [5.74, 6) is -0.297. The number of esters is 1. The molecular formula is C12H19N3O3S. The van der Waals surface area contributed by atoms with Crippen molar-refractivity contribution in [2.24, 2.45) is 0 Å². The van der Waals surface area contributed by atoms with Crippen molar-refractivity contribution >= 4 is 28.3 Å². The first kappa shape index (κ1) is 15.4. The number of rotatable bonds is 8. The van der Waals surface area contributed by atoms with E-state index in [0.717, 1.165) is 12.1 Å². The third-order valence-electron chi connectivity index (χ3n) is 2.34. The molecule has 0 atom stereocenters. The Morgan fingerprint density at radius 2 is 2.26 bits per heavy atom. The Labute approximate surface area is 116 Å². The summed E-state index contributed by atoms with van der Waals surface area (Å²) in [6, 6.07) is 0. The number of methoxy groups -OCH3 is 1. The van der Waals surface area contributed by atoms with Crippen LogP contribution in [-0.4, -0.2) is 37.1 Å². The number of nitrogens with zero attached hydrogens (tertiary/aromatic N) is 1. The second kappa shape index (κ2) is 8.47.